The first-order valence-corrected chi connectivity index (χ1v) is 8.10. The molecule has 0 fully saturated rings. The lowest BCUT2D eigenvalue weighted by atomic mass is 10.0. The third-order valence-corrected chi connectivity index (χ3v) is 4.03. The molecule has 2 aromatic rings. The first-order valence-electron chi connectivity index (χ1n) is 8.10. The summed E-state index contributed by atoms with van der Waals surface area (Å²) >= 11 is 0. The molecule has 1 amide bonds. The van der Waals surface area contributed by atoms with Crippen molar-refractivity contribution in [3.63, 3.8) is 0 Å². The van der Waals surface area contributed by atoms with Crippen molar-refractivity contribution in [2.75, 3.05) is 6.61 Å². The Morgan fingerprint density at radius 2 is 2.12 bits per heavy atom. The van der Waals surface area contributed by atoms with Gasteiger partial charge in [-0.1, -0.05) is 12.1 Å². The zero-order valence-electron chi connectivity index (χ0n) is 14.6. The number of ether oxygens (including phenoxy) is 2. The molecule has 0 saturated heterocycles. The van der Waals surface area contributed by atoms with Gasteiger partial charge in [0.2, 0.25) is 0 Å². The van der Waals surface area contributed by atoms with Gasteiger partial charge in [0.15, 0.2) is 18.1 Å². The second-order valence-electron chi connectivity index (χ2n) is 6.79. The molecule has 0 aliphatic carbocycles. The highest BCUT2D eigenvalue weighted by molar-refractivity contribution is 5.77. The maximum Gasteiger partial charge on any atom is 0.258 e. The highest BCUT2D eigenvalue weighted by Crippen LogP contribution is 2.41. The topological polar surface area (TPSA) is 60.7 Å². The standard InChI is InChI=1S/C19H23NO4/c1-12-8-15(13(2)23-12)10-20-17(21)11-22-16-7-5-6-14-9-19(3,4)24-18(14)16/h5-8H,9-11H2,1-4H3,(H,20,21). The largest absolute Gasteiger partial charge is 0.483 e. The SMILES string of the molecule is Cc1cc(CNC(=O)COc2cccc3c2OC(C)(C)C3)c(C)o1. The smallest absolute Gasteiger partial charge is 0.258 e. The monoisotopic (exact) mass is 329 g/mol. The highest BCUT2D eigenvalue weighted by Gasteiger charge is 2.32. The Bertz CT molecular complexity index is 761. The number of furan rings is 1. The number of aryl methyl sites for hydroxylation is 2. The van der Waals surface area contributed by atoms with Gasteiger partial charge in [0.1, 0.15) is 17.1 Å². The van der Waals surface area contributed by atoms with Crippen molar-refractivity contribution in [1.29, 1.82) is 0 Å². The van der Waals surface area contributed by atoms with E-state index < -0.39 is 0 Å². The summed E-state index contributed by atoms with van der Waals surface area (Å²) in [6.45, 7) is 8.24. The van der Waals surface area contributed by atoms with Gasteiger partial charge in [-0.3, -0.25) is 4.79 Å². The molecule has 24 heavy (non-hydrogen) atoms. The molecular weight excluding hydrogens is 306 g/mol. The van der Waals surface area contributed by atoms with E-state index in [0.717, 1.165) is 34.8 Å². The number of carbonyl (C=O) groups excluding carboxylic acids is 1. The van der Waals surface area contributed by atoms with Gasteiger partial charge in [-0.2, -0.15) is 0 Å². The van der Waals surface area contributed by atoms with E-state index in [1.165, 1.54) is 0 Å². The van der Waals surface area contributed by atoms with Gasteiger partial charge >= 0.3 is 0 Å². The predicted octanol–water partition coefficient (Wildman–Crippen LogP) is 3.31. The molecule has 1 aliphatic heterocycles. The highest BCUT2D eigenvalue weighted by atomic mass is 16.5. The van der Waals surface area contributed by atoms with Crippen LogP contribution in [0, 0.1) is 13.8 Å². The molecule has 0 saturated carbocycles. The van der Waals surface area contributed by atoms with Gasteiger partial charge in [-0.15, -0.1) is 0 Å². The predicted molar refractivity (Wildman–Crippen MR) is 90.4 cm³/mol. The molecule has 0 bridgehead atoms. The quantitative estimate of drug-likeness (QED) is 0.914. The van der Waals surface area contributed by atoms with Crippen LogP contribution in [0.5, 0.6) is 11.5 Å². The lowest BCUT2D eigenvalue weighted by Gasteiger charge is -2.18. The summed E-state index contributed by atoms with van der Waals surface area (Å²) < 4.78 is 17.1. The van der Waals surface area contributed by atoms with Crippen molar-refractivity contribution in [3.8, 4) is 11.5 Å². The molecule has 2 heterocycles. The second kappa shape index (κ2) is 6.23. The summed E-state index contributed by atoms with van der Waals surface area (Å²) in [7, 11) is 0. The van der Waals surface area contributed by atoms with E-state index >= 15 is 0 Å². The fourth-order valence-electron chi connectivity index (χ4n) is 2.95. The number of nitrogens with one attached hydrogen (secondary N) is 1. The van der Waals surface area contributed by atoms with Crippen LogP contribution >= 0.6 is 0 Å². The molecule has 5 nitrogen and oxygen atoms in total. The van der Waals surface area contributed by atoms with Gasteiger partial charge in [-0.25, -0.2) is 0 Å². The van der Waals surface area contributed by atoms with Crippen molar-refractivity contribution < 1.29 is 18.7 Å². The van der Waals surface area contributed by atoms with Crippen molar-refractivity contribution >= 4 is 5.91 Å². The number of hydrogen-bond donors (Lipinski definition) is 1. The molecule has 1 N–H and O–H groups in total. The molecule has 1 aromatic heterocycles. The number of rotatable bonds is 5. The Hall–Kier alpha value is -2.43. The lowest BCUT2D eigenvalue weighted by molar-refractivity contribution is -0.123. The number of para-hydroxylation sites is 1. The maximum absolute atomic E-state index is 12.0. The molecule has 0 spiro atoms. The van der Waals surface area contributed by atoms with E-state index in [2.05, 4.69) is 5.32 Å². The van der Waals surface area contributed by atoms with Gasteiger partial charge < -0.3 is 19.2 Å². The summed E-state index contributed by atoms with van der Waals surface area (Å²) in [4.78, 5) is 12.0. The molecule has 5 heteroatoms. The molecule has 0 radical (unpaired) electrons. The van der Waals surface area contributed by atoms with Gasteiger partial charge in [0.25, 0.3) is 5.91 Å². The first-order chi connectivity index (χ1) is 11.3. The summed E-state index contributed by atoms with van der Waals surface area (Å²) in [5.74, 6) is 2.85. The van der Waals surface area contributed by atoms with Crippen LogP contribution in [-0.4, -0.2) is 18.1 Å². The second-order valence-corrected chi connectivity index (χ2v) is 6.79. The van der Waals surface area contributed by atoms with Crippen LogP contribution in [0.3, 0.4) is 0 Å². The molecule has 128 valence electrons. The van der Waals surface area contributed by atoms with Gasteiger partial charge in [0.05, 0.1) is 0 Å². The van der Waals surface area contributed by atoms with Crippen molar-refractivity contribution in [3.05, 3.63) is 46.9 Å². The number of carbonyl (C=O) groups is 1. The molecule has 1 aliphatic rings. The van der Waals surface area contributed by atoms with Gasteiger partial charge in [-0.05, 0) is 39.8 Å². The first kappa shape index (κ1) is 16.4. The van der Waals surface area contributed by atoms with E-state index in [4.69, 9.17) is 13.9 Å². The Balaban J connectivity index is 1.56. The third-order valence-electron chi connectivity index (χ3n) is 4.03. The Labute approximate surface area is 141 Å². The molecular formula is C19H23NO4. The third kappa shape index (κ3) is 3.55. The van der Waals surface area contributed by atoms with E-state index in [1.807, 2.05) is 52.0 Å². The van der Waals surface area contributed by atoms with Crippen LogP contribution in [-0.2, 0) is 17.8 Å². The maximum atomic E-state index is 12.0. The normalized spacial score (nSPS) is 14.8. The van der Waals surface area contributed by atoms with Crippen LogP contribution in [0.1, 0.15) is 36.5 Å². The fraction of sp³-hybridized carbons (Fsp3) is 0.421. The van der Waals surface area contributed by atoms with Gasteiger partial charge in [0, 0.05) is 24.1 Å². The minimum absolute atomic E-state index is 0.0455. The van der Waals surface area contributed by atoms with Crippen LogP contribution in [0.2, 0.25) is 0 Å². The molecule has 0 atom stereocenters. The molecule has 0 unspecified atom stereocenters. The number of amides is 1. The Kier molecular flexibility index (Phi) is 4.26. The molecule has 1 aromatic carbocycles. The number of hydrogen-bond acceptors (Lipinski definition) is 4. The minimum atomic E-state index is -0.235. The minimum Gasteiger partial charge on any atom is -0.483 e. The van der Waals surface area contributed by atoms with E-state index in [0.29, 0.717) is 12.3 Å². The number of fused-ring (bicyclic) bond motifs is 1. The summed E-state index contributed by atoms with van der Waals surface area (Å²) in [6, 6.07) is 7.71. The molecule has 3 rings (SSSR count). The van der Waals surface area contributed by atoms with Crippen molar-refractivity contribution in [2.24, 2.45) is 0 Å². The Morgan fingerprint density at radius 1 is 1.33 bits per heavy atom. The average molecular weight is 329 g/mol. The fourth-order valence-corrected chi connectivity index (χ4v) is 2.95. The summed E-state index contributed by atoms with van der Waals surface area (Å²) in [6.07, 6.45) is 0.838. The zero-order valence-corrected chi connectivity index (χ0v) is 14.6. The van der Waals surface area contributed by atoms with E-state index in [9.17, 15) is 4.79 Å². The Morgan fingerprint density at radius 3 is 2.83 bits per heavy atom. The summed E-state index contributed by atoms with van der Waals surface area (Å²) in [5.41, 5.74) is 1.86. The van der Waals surface area contributed by atoms with Crippen molar-refractivity contribution in [1.82, 2.24) is 5.32 Å². The van der Waals surface area contributed by atoms with Crippen molar-refractivity contribution in [2.45, 2.75) is 46.3 Å². The van der Waals surface area contributed by atoms with Crippen LogP contribution in [0.4, 0.5) is 0 Å². The lowest BCUT2D eigenvalue weighted by Crippen LogP contribution is -2.28. The summed E-state index contributed by atoms with van der Waals surface area (Å²) in [5, 5.41) is 2.84. The van der Waals surface area contributed by atoms with Crippen LogP contribution in [0.25, 0.3) is 0 Å². The van der Waals surface area contributed by atoms with E-state index in [1.54, 1.807) is 0 Å². The van der Waals surface area contributed by atoms with E-state index in [-0.39, 0.29) is 18.1 Å². The van der Waals surface area contributed by atoms with Crippen LogP contribution in [0.15, 0.2) is 28.7 Å². The zero-order chi connectivity index (χ0) is 17.3. The number of benzene rings is 1. The van der Waals surface area contributed by atoms with Crippen LogP contribution < -0.4 is 14.8 Å². The average Bonchev–Trinajstić information content (AvgIpc) is 2.99.